The first-order valence-electron chi connectivity index (χ1n) is 12.9. The highest BCUT2D eigenvalue weighted by Gasteiger charge is 2.12. The van der Waals surface area contributed by atoms with E-state index < -0.39 is 0 Å². The van der Waals surface area contributed by atoms with Crippen LogP contribution in [0.2, 0.25) is 5.02 Å². The lowest BCUT2D eigenvalue weighted by Gasteiger charge is -2.13. The van der Waals surface area contributed by atoms with Crippen LogP contribution >= 0.6 is 11.6 Å². The minimum absolute atomic E-state index is 0.000743. The summed E-state index contributed by atoms with van der Waals surface area (Å²) < 4.78 is 14.0. The summed E-state index contributed by atoms with van der Waals surface area (Å²) in [5.74, 6) is 2.58. The molecule has 3 aromatic carbocycles. The van der Waals surface area contributed by atoms with Crippen molar-refractivity contribution in [2.75, 3.05) is 19.8 Å². The number of carbonyl (C=O) groups is 1. The van der Waals surface area contributed by atoms with E-state index in [0.29, 0.717) is 37.7 Å². The molecule has 6 nitrogen and oxygen atoms in total. The zero-order valence-corrected chi connectivity index (χ0v) is 22.0. The summed E-state index contributed by atoms with van der Waals surface area (Å²) in [5, 5.41) is 3.63. The number of hydrogen-bond donors (Lipinski definition) is 1. The third-order valence-electron chi connectivity index (χ3n) is 6.16. The predicted octanol–water partition coefficient (Wildman–Crippen LogP) is 6.24. The summed E-state index contributed by atoms with van der Waals surface area (Å²) in [6, 6.07) is 23.4. The highest BCUT2D eigenvalue weighted by Crippen LogP contribution is 2.26. The Labute approximate surface area is 223 Å². The van der Waals surface area contributed by atoms with Crippen LogP contribution in [0.15, 0.2) is 72.8 Å². The van der Waals surface area contributed by atoms with Crippen molar-refractivity contribution >= 4 is 28.5 Å². The molecule has 1 N–H and O–H groups in total. The molecule has 0 saturated heterocycles. The normalized spacial score (nSPS) is 11.0. The fourth-order valence-corrected chi connectivity index (χ4v) is 4.55. The Hall–Kier alpha value is -3.51. The average Bonchev–Trinajstić information content (AvgIpc) is 3.26. The zero-order chi connectivity index (χ0) is 25.9. The fourth-order valence-electron chi connectivity index (χ4n) is 4.35. The van der Waals surface area contributed by atoms with E-state index in [2.05, 4.69) is 22.0 Å². The van der Waals surface area contributed by atoms with Crippen LogP contribution in [0, 0.1) is 0 Å². The first-order valence-corrected chi connectivity index (χ1v) is 13.3. The standard InChI is InChI=1S/C30H34ClN3O3/c1-2-36-27-16-9-10-17-28(27)37-21-20-34-26-15-8-7-14-25(26)33-29(34)18-4-3-11-19-32-30(35)22-23-12-5-6-13-24(23)31/h5-10,12-17H,2-4,11,18-22H2,1H3,(H,32,35). The molecule has 0 fully saturated rings. The summed E-state index contributed by atoms with van der Waals surface area (Å²) in [6.45, 7) is 4.45. The molecule has 0 saturated carbocycles. The second-order valence-electron chi connectivity index (χ2n) is 8.83. The maximum absolute atomic E-state index is 12.2. The molecule has 0 radical (unpaired) electrons. The minimum atomic E-state index is 0.000743. The number of nitrogens with zero attached hydrogens (tertiary/aromatic N) is 2. The van der Waals surface area contributed by atoms with E-state index in [1.165, 1.54) is 0 Å². The van der Waals surface area contributed by atoms with Crippen LogP contribution in [-0.4, -0.2) is 35.2 Å². The Bertz CT molecular complexity index is 1300. The molecular formula is C30H34ClN3O3. The topological polar surface area (TPSA) is 65.4 Å². The maximum Gasteiger partial charge on any atom is 0.224 e. The molecule has 0 spiro atoms. The number of nitrogens with one attached hydrogen (secondary N) is 1. The van der Waals surface area contributed by atoms with Gasteiger partial charge in [0.15, 0.2) is 11.5 Å². The number of hydrogen-bond acceptors (Lipinski definition) is 4. The van der Waals surface area contributed by atoms with Crippen molar-refractivity contribution in [2.24, 2.45) is 0 Å². The lowest BCUT2D eigenvalue weighted by atomic mass is 10.1. The molecule has 4 rings (SSSR count). The van der Waals surface area contributed by atoms with E-state index in [1.807, 2.05) is 67.6 Å². The number of halogens is 1. The summed E-state index contributed by atoms with van der Waals surface area (Å²) in [4.78, 5) is 17.1. The second kappa shape index (κ2) is 13.7. The molecule has 0 aliphatic carbocycles. The van der Waals surface area contributed by atoms with Crippen LogP contribution in [0.5, 0.6) is 11.5 Å². The van der Waals surface area contributed by atoms with Gasteiger partial charge in [-0.3, -0.25) is 4.79 Å². The summed E-state index contributed by atoms with van der Waals surface area (Å²) in [5.41, 5.74) is 2.97. The summed E-state index contributed by atoms with van der Waals surface area (Å²) in [7, 11) is 0. The molecule has 0 atom stereocenters. The van der Waals surface area contributed by atoms with Crippen molar-refractivity contribution < 1.29 is 14.3 Å². The number of aryl methyl sites for hydroxylation is 1. The smallest absolute Gasteiger partial charge is 0.224 e. The first kappa shape index (κ1) is 26.6. The fraction of sp³-hybridized carbons (Fsp3) is 0.333. The molecule has 1 heterocycles. The number of imidazole rings is 1. The molecule has 194 valence electrons. The van der Waals surface area contributed by atoms with Crippen LogP contribution in [0.4, 0.5) is 0 Å². The van der Waals surface area contributed by atoms with Crippen molar-refractivity contribution in [3.63, 3.8) is 0 Å². The van der Waals surface area contributed by atoms with Gasteiger partial charge < -0.3 is 19.4 Å². The van der Waals surface area contributed by atoms with E-state index >= 15 is 0 Å². The van der Waals surface area contributed by atoms with Crippen molar-refractivity contribution in [2.45, 2.75) is 45.6 Å². The Kier molecular flexibility index (Phi) is 9.83. The lowest BCUT2D eigenvalue weighted by molar-refractivity contribution is -0.120. The average molecular weight is 520 g/mol. The molecule has 37 heavy (non-hydrogen) atoms. The third kappa shape index (κ3) is 7.49. The van der Waals surface area contributed by atoms with Gasteiger partial charge in [0.2, 0.25) is 5.91 Å². The van der Waals surface area contributed by atoms with Gasteiger partial charge in [0.1, 0.15) is 12.4 Å². The molecule has 0 aliphatic heterocycles. The van der Waals surface area contributed by atoms with E-state index in [0.717, 1.165) is 59.6 Å². The molecule has 7 heteroatoms. The van der Waals surface area contributed by atoms with Gasteiger partial charge in [-0.05, 0) is 55.7 Å². The van der Waals surface area contributed by atoms with Crippen molar-refractivity contribution in [1.82, 2.24) is 14.9 Å². The van der Waals surface area contributed by atoms with Crippen molar-refractivity contribution in [3.8, 4) is 11.5 Å². The third-order valence-corrected chi connectivity index (χ3v) is 6.53. The van der Waals surface area contributed by atoms with E-state index in [-0.39, 0.29) is 5.91 Å². The number of unbranched alkanes of at least 4 members (excludes halogenated alkanes) is 2. The highest BCUT2D eigenvalue weighted by molar-refractivity contribution is 6.31. The van der Waals surface area contributed by atoms with Gasteiger partial charge in [0.05, 0.1) is 30.6 Å². The molecule has 0 aliphatic rings. The number of benzene rings is 3. The number of para-hydroxylation sites is 4. The first-order chi connectivity index (χ1) is 18.2. The minimum Gasteiger partial charge on any atom is -0.490 e. The summed E-state index contributed by atoms with van der Waals surface area (Å²) >= 11 is 6.15. The Balaban J connectivity index is 1.26. The SMILES string of the molecule is CCOc1ccccc1OCCn1c(CCCCCNC(=O)Cc2ccccc2Cl)nc2ccccc21. The Morgan fingerprint density at radius 2 is 1.65 bits per heavy atom. The number of amides is 1. The number of rotatable bonds is 14. The zero-order valence-electron chi connectivity index (χ0n) is 21.3. The van der Waals surface area contributed by atoms with Gasteiger partial charge >= 0.3 is 0 Å². The van der Waals surface area contributed by atoms with Gasteiger partial charge in [0, 0.05) is 18.0 Å². The van der Waals surface area contributed by atoms with Crippen LogP contribution < -0.4 is 14.8 Å². The quantitative estimate of drug-likeness (QED) is 0.200. The highest BCUT2D eigenvalue weighted by atomic mass is 35.5. The van der Waals surface area contributed by atoms with Crippen molar-refractivity contribution in [1.29, 1.82) is 0 Å². The molecule has 1 amide bonds. The second-order valence-corrected chi connectivity index (χ2v) is 9.23. The molecule has 0 bridgehead atoms. The number of fused-ring (bicyclic) bond motifs is 1. The maximum atomic E-state index is 12.2. The van der Waals surface area contributed by atoms with Crippen LogP contribution in [0.1, 0.15) is 37.6 Å². The molecule has 4 aromatic rings. The van der Waals surface area contributed by atoms with Gasteiger partial charge in [-0.15, -0.1) is 0 Å². The van der Waals surface area contributed by atoms with Gasteiger partial charge in [-0.25, -0.2) is 4.98 Å². The van der Waals surface area contributed by atoms with Gasteiger partial charge in [-0.2, -0.15) is 0 Å². The largest absolute Gasteiger partial charge is 0.490 e. The monoisotopic (exact) mass is 519 g/mol. The Morgan fingerprint density at radius 1 is 0.919 bits per heavy atom. The number of carbonyl (C=O) groups excluding carboxylic acids is 1. The number of aromatic nitrogens is 2. The summed E-state index contributed by atoms with van der Waals surface area (Å²) in [6.07, 6.45) is 4.11. The van der Waals surface area contributed by atoms with Gasteiger partial charge in [0.25, 0.3) is 0 Å². The van der Waals surface area contributed by atoms with E-state index in [1.54, 1.807) is 0 Å². The van der Waals surface area contributed by atoms with Crippen LogP contribution in [-0.2, 0) is 24.2 Å². The van der Waals surface area contributed by atoms with Gasteiger partial charge in [-0.1, -0.05) is 60.5 Å². The number of ether oxygens (including phenoxy) is 2. The molecule has 1 aromatic heterocycles. The Morgan fingerprint density at radius 3 is 2.46 bits per heavy atom. The predicted molar refractivity (Wildman–Crippen MR) is 149 cm³/mol. The van der Waals surface area contributed by atoms with Crippen molar-refractivity contribution in [3.05, 3.63) is 89.2 Å². The van der Waals surface area contributed by atoms with Crippen LogP contribution in [0.25, 0.3) is 11.0 Å². The molecule has 0 unspecified atom stereocenters. The molecular weight excluding hydrogens is 486 g/mol. The van der Waals surface area contributed by atoms with E-state index in [4.69, 9.17) is 26.1 Å². The van der Waals surface area contributed by atoms with Crippen LogP contribution in [0.3, 0.4) is 0 Å². The van der Waals surface area contributed by atoms with E-state index in [9.17, 15) is 4.79 Å². The lowest BCUT2D eigenvalue weighted by Crippen LogP contribution is -2.26.